The van der Waals surface area contributed by atoms with E-state index >= 15 is 0 Å². The predicted molar refractivity (Wildman–Crippen MR) is 76.0 cm³/mol. The van der Waals surface area contributed by atoms with Gasteiger partial charge in [-0.25, -0.2) is 0 Å². The van der Waals surface area contributed by atoms with Crippen molar-refractivity contribution in [2.45, 2.75) is 52.4 Å². The van der Waals surface area contributed by atoms with Crippen LogP contribution < -0.4 is 0 Å². The van der Waals surface area contributed by atoms with Crippen LogP contribution in [0.15, 0.2) is 24.3 Å². The second-order valence-electron chi connectivity index (χ2n) is 5.15. The largest absolute Gasteiger partial charge is 0.351 e. The van der Waals surface area contributed by atoms with Crippen LogP contribution in [-0.2, 0) is 4.74 Å². The van der Waals surface area contributed by atoms with Crippen molar-refractivity contribution >= 4 is 5.91 Å². The molecule has 0 N–H and O–H groups in total. The fourth-order valence-electron chi connectivity index (χ4n) is 2.35. The van der Waals surface area contributed by atoms with Gasteiger partial charge in [-0.3, -0.25) is 4.79 Å². The van der Waals surface area contributed by atoms with E-state index in [4.69, 9.17) is 4.74 Å². The smallest absolute Gasteiger partial charge is 0.256 e. The van der Waals surface area contributed by atoms with E-state index in [-0.39, 0.29) is 18.2 Å². The van der Waals surface area contributed by atoms with E-state index in [1.165, 1.54) is 0 Å². The third-order valence-electron chi connectivity index (χ3n) is 3.69. The highest BCUT2D eigenvalue weighted by Crippen LogP contribution is 2.35. The summed E-state index contributed by atoms with van der Waals surface area (Å²) < 4.78 is 6.07. The molecule has 0 saturated heterocycles. The third-order valence-corrected chi connectivity index (χ3v) is 3.69. The zero-order valence-corrected chi connectivity index (χ0v) is 12.1. The van der Waals surface area contributed by atoms with Crippen LogP contribution >= 0.6 is 0 Å². The number of rotatable bonds is 6. The third kappa shape index (κ3) is 2.81. The summed E-state index contributed by atoms with van der Waals surface area (Å²) in [6.07, 6.45) is 3.00. The van der Waals surface area contributed by atoms with Crippen molar-refractivity contribution < 1.29 is 9.53 Å². The van der Waals surface area contributed by atoms with Gasteiger partial charge in [0, 0.05) is 17.7 Å². The van der Waals surface area contributed by atoms with E-state index in [2.05, 4.69) is 20.8 Å². The average molecular weight is 261 g/mol. The SMILES string of the molecule is CCCCN1C(=O)c2ccccc2[C@H]1O[C@@H](C)CC. The summed E-state index contributed by atoms with van der Waals surface area (Å²) in [6, 6.07) is 7.80. The van der Waals surface area contributed by atoms with Gasteiger partial charge in [0.15, 0.2) is 6.23 Å². The number of carbonyl (C=O) groups excluding carboxylic acids is 1. The lowest BCUT2D eigenvalue weighted by Crippen LogP contribution is -2.32. The van der Waals surface area contributed by atoms with Crippen LogP contribution in [0, 0.1) is 0 Å². The van der Waals surface area contributed by atoms with Gasteiger partial charge >= 0.3 is 0 Å². The molecule has 0 aromatic heterocycles. The van der Waals surface area contributed by atoms with Crippen LogP contribution in [0.5, 0.6) is 0 Å². The fourth-order valence-corrected chi connectivity index (χ4v) is 2.35. The van der Waals surface area contributed by atoms with Gasteiger partial charge in [0.2, 0.25) is 0 Å². The Morgan fingerprint density at radius 3 is 2.74 bits per heavy atom. The molecule has 0 radical (unpaired) electrons. The highest BCUT2D eigenvalue weighted by Gasteiger charge is 2.37. The fraction of sp³-hybridized carbons (Fsp3) is 0.562. The Kier molecular flexibility index (Phi) is 4.59. The Bertz CT molecular complexity index is 444. The summed E-state index contributed by atoms with van der Waals surface area (Å²) >= 11 is 0. The maximum Gasteiger partial charge on any atom is 0.256 e. The van der Waals surface area contributed by atoms with Gasteiger partial charge in [0.25, 0.3) is 5.91 Å². The molecule has 1 amide bonds. The summed E-state index contributed by atoms with van der Waals surface area (Å²) in [5.41, 5.74) is 1.82. The van der Waals surface area contributed by atoms with Gasteiger partial charge in [0.1, 0.15) is 0 Å². The Morgan fingerprint density at radius 1 is 1.32 bits per heavy atom. The monoisotopic (exact) mass is 261 g/mol. The van der Waals surface area contributed by atoms with E-state index in [0.29, 0.717) is 0 Å². The molecule has 104 valence electrons. The molecular formula is C16H23NO2. The summed E-state index contributed by atoms with van der Waals surface area (Å²) in [5.74, 6) is 0.109. The van der Waals surface area contributed by atoms with E-state index in [1.54, 1.807) is 0 Å². The molecular weight excluding hydrogens is 238 g/mol. The van der Waals surface area contributed by atoms with Gasteiger partial charge < -0.3 is 9.64 Å². The predicted octanol–water partition coefficient (Wildman–Crippen LogP) is 3.76. The van der Waals surface area contributed by atoms with Crippen molar-refractivity contribution in [3.63, 3.8) is 0 Å². The first-order valence-electron chi connectivity index (χ1n) is 7.24. The van der Waals surface area contributed by atoms with Crippen molar-refractivity contribution in [3.05, 3.63) is 35.4 Å². The van der Waals surface area contributed by atoms with Crippen LogP contribution in [-0.4, -0.2) is 23.5 Å². The molecule has 0 aliphatic carbocycles. The van der Waals surface area contributed by atoms with Gasteiger partial charge in [-0.05, 0) is 25.8 Å². The van der Waals surface area contributed by atoms with Crippen LogP contribution in [0.3, 0.4) is 0 Å². The first-order valence-corrected chi connectivity index (χ1v) is 7.24. The van der Waals surface area contributed by atoms with Crippen LogP contribution in [0.25, 0.3) is 0 Å². The molecule has 1 heterocycles. The number of amides is 1. The van der Waals surface area contributed by atoms with E-state index < -0.39 is 0 Å². The molecule has 19 heavy (non-hydrogen) atoms. The van der Waals surface area contributed by atoms with E-state index in [9.17, 15) is 4.79 Å². The number of benzene rings is 1. The molecule has 0 spiro atoms. The Hall–Kier alpha value is -1.35. The maximum absolute atomic E-state index is 12.4. The van der Waals surface area contributed by atoms with Crippen LogP contribution in [0.2, 0.25) is 0 Å². The van der Waals surface area contributed by atoms with Gasteiger partial charge in [-0.1, -0.05) is 38.5 Å². The molecule has 0 bridgehead atoms. The number of fused-ring (bicyclic) bond motifs is 1. The first kappa shape index (κ1) is 14.1. The first-order chi connectivity index (χ1) is 9.19. The van der Waals surface area contributed by atoms with Gasteiger partial charge in [-0.2, -0.15) is 0 Å². The number of hydrogen-bond donors (Lipinski definition) is 0. The summed E-state index contributed by atoms with van der Waals surface area (Å²) in [6.45, 7) is 7.07. The number of ether oxygens (including phenoxy) is 1. The van der Waals surface area contributed by atoms with Crippen molar-refractivity contribution in [1.82, 2.24) is 4.90 Å². The lowest BCUT2D eigenvalue weighted by molar-refractivity contribution is -0.0763. The molecule has 0 unspecified atom stereocenters. The van der Waals surface area contributed by atoms with Crippen molar-refractivity contribution in [1.29, 1.82) is 0 Å². The topological polar surface area (TPSA) is 29.5 Å². The molecule has 2 atom stereocenters. The average Bonchev–Trinajstić information content (AvgIpc) is 2.70. The molecule has 1 aromatic carbocycles. The highest BCUT2D eigenvalue weighted by molar-refractivity contribution is 5.98. The quantitative estimate of drug-likeness (QED) is 0.780. The van der Waals surface area contributed by atoms with Crippen LogP contribution in [0.4, 0.5) is 0 Å². The summed E-state index contributed by atoms with van der Waals surface area (Å²) in [4.78, 5) is 14.3. The number of unbranched alkanes of at least 4 members (excludes halogenated alkanes) is 1. The summed E-state index contributed by atoms with van der Waals surface area (Å²) in [5, 5.41) is 0. The highest BCUT2D eigenvalue weighted by atomic mass is 16.5. The second-order valence-corrected chi connectivity index (χ2v) is 5.15. The Morgan fingerprint density at radius 2 is 2.05 bits per heavy atom. The molecule has 0 saturated carbocycles. The molecule has 3 heteroatoms. The molecule has 1 aliphatic heterocycles. The van der Waals surface area contributed by atoms with Gasteiger partial charge in [-0.15, -0.1) is 0 Å². The molecule has 2 rings (SSSR count). The van der Waals surface area contributed by atoms with Crippen molar-refractivity contribution in [2.75, 3.05) is 6.54 Å². The molecule has 1 aliphatic rings. The Labute approximate surface area is 115 Å². The number of nitrogens with zero attached hydrogens (tertiary/aromatic N) is 1. The minimum Gasteiger partial charge on any atom is -0.351 e. The maximum atomic E-state index is 12.4. The zero-order valence-electron chi connectivity index (χ0n) is 12.1. The molecule has 1 aromatic rings. The number of carbonyl (C=O) groups is 1. The standard InChI is InChI=1S/C16H23NO2/c1-4-6-11-17-15(18)13-9-7-8-10-14(13)16(17)19-12(3)5-2/h7-10,12,16H,4-6,11H2,1-3H3/t12-,16+/m0/s1. The van der Waals surface area contributed by atoms with E-state index in [0.717, 1.165) is 36.9 Å². The second kappa shape index (κ2) is 6.20. The molecule has 3 nitrogen and oxygen atoms in total. The lowest BCUT2D eigenvalue weighted by atomic mass is 10.1. The number of hydrogen-bond acceptors (Lipinski definition) is 2. The van der Waals surface area contributed by atoms with Crippen molar-refractivity contribution in [3.8, 4) is 0 Å². The van der Waals surface area contributed by atoms with Crippen LogP contribution in [0.1, 0.15) is 62.2 Å². The Balaban J connectivity index is 2.25. The van der Waals surface area contributed by atoms with Crippen molar-refractivity contribution in [2.24, 2.45) is 0 Å². The van der Waals surface area contributed by atoms with E-state index in [1.807, 2.05) is 29.2 Å². The lowest BCUT2D eigenvalue weighted by Gasteiger charge is -2.27. The minimum absolute atomic E-state index is 0.109. The zero-order chi connectivity index (χ0) is 13.8. The normalized spacial score (nSPS) is 19.6. The summed E-state index contributed by atoms with van der Waals surface area (Å²) in [7, 11) is 0. The van der Waals surface area contributed by atoms with Gasteiger partial charge in [0.05, 0.1) is 6.10 Å². The minimum atomic E-state index is -0.204. The molecule has 0 fully saturated rings.